The van der Waals surface area contributed by atoms with Crippen LogP contribution < -0.4 is 5.56 Å². The minimum atomic E-state index is -0.166. The van der Waals surface area contributed by atoms with Gasteiger partial charge in [-0.05, 0) is 6.07 Å². The molecule has 0 unspecified atom stereocenters. The number of nitrogens with one attached hydrogen (secondary N) is 2. The van der Waals surface area contributed by atoms with Crippen molar-refractivity contribution in [1.82, 2.24) is 20.2 Å². The van der Waals surface area contributed by atoms with Crippen LogP contribution in [0.15, 0.2) is 29.3 Å². The molecule has 0 saturated carbocycles. The van der Waals surface area contributed by atoms with E-state index in [2.05, 4.69) is 20.2 Å². The van der Waals surface area contributed by atoms with Crippen molar-refractivity contribution in [2.24, 2.45) is 0 Å². The van der Waals surface area contributed by atoms with Crippen LogP contribution in [-0.4, -0.2) is 20.2 Å². The van der Waals surface area contributed by atoms with Crippen LogP contribution in [0.1, 0.15) is 0 Å². The van der Waals surface area contributed by atoms with E-state index in [-0.39, 0.29) is 5.56 Å². The lowest BCUT2D eigenvalue weighted by Gasteiger charge is -1.89. The van der Waals surface area contributed by atoms with Crippen LogP contribution in [0.3, 0.4) is 0 Å². The molecule has 3 aromatic rings. The van der Waals surface area contributed by atoms with E-state index in [9.17, 15) is 4.79 Å². The van der Waals surface area contributed by atoms with Crippen LogP contribution in [-0.2, 0) is 0 Å². The molecule has 2 N–H and O–H groups in total. The first-order chi connectivity index (χ1) is 6.84. The van der Waals surface area contributed by atoms with E-state index < -0.39 is 0 Å². The topological polar surface area (TPSA) is 74.4 Å². The summed E-state index contributed by atoms with van der Waals surface area (Å²) in [5, 5.41) is 8.60. The van der Waals surface area contributed by atoms with Crippen LogP contribution in [0, 0.1) is 0 Å². The van der Waals surface area contributed by atoms with Crippen LogP contribution in [0.4, 0.5) is 0 Å². The second-order valence-electron chi connectivity index (χ2n) is 3.03. The van der Waals surface area contributed by atoms with Gasteiger partial charge in [-0.3, -0.25) is 9.89 Å². The molecule has 0 atom stereocenters. The fraction of sp³-hybridized carbons (Fsp3) is 0. The van der Waals surface area contributed by atoms with Crippen molar-refractivity contribution < 1.29 is 0 Å². The smallest absolute Gasteiger partial charge is 0.249 e. The third-order valence-corrected chi connectivity index (χ3v) is 2.16. The van der Waals surface area contributed by atoms with E-state index in [1.54, 1.807) is 18.5 Å². The molecule has 0 fully saturated rings. The first-order valence-electron chi connectivity index (χ1n) is 4.16. The maximum atomic E-state index is 11.2. The fourth-order valence-electron chi connectivity index (χ4n) is 1.54. The maximum Gasteiger partial charge on any atom is 0.249 e. The molecule has 0 aliphatic rings. The summed E-state index contributed by atoms with van der Waals surface area (Å²) in [5.41, 5.74) is 1.16. The molecule has 0 radical (unpaired) electrons. The summed E-state index contributed by atoms with van der Waals surface area (Å²) in [7, 11) is 0. The molecule has 0 aromatic carbocycles. The fourth-order valence-corrected chi connectivity index (χ4v) is 1.54. The molecule has 0 amide bonds. The third-order valence-electron chi connectivity index (χ3n) is 2.16. The van der Waals surface area contributed by atoms with Crippen molar-refractivity contribution in [3.63, 3.8) is 0 Å². The Hall–Kier alpha value is -2.17. The zero-order chi connectivity index (χ0) is 9.54. The van der Waals surface area contributed by atoms with Crippen molar-refractivity contribution in [3.05, 3.63) is 34.9 Å². The van der Waals surface area contributed by atoms with Crippen molar-refractivity contribution in [3.8, 4) is 0 Å². The highest BCUT2D eigenvalue weighted by Crippen LogP contribution is 2.19. The van der Waals surface area contributed by atoms with Crippen molar-refractivity contribution >= 4 is 21.9 Å². The molecular weight excluding hydrogens is 180 g/mol. The number of aromatic nitrogens is 4. The van der Waals surface area contributed by atoms with Gasteiger partial charge in [-0.15, -0.1) is 0 Å². The minimum absolute atomic E-state index is 0.166. The summed E-state index contributed by atoms with van der Waals surface area (Å²) in [4.78, 5) is 18.0. The number of aromatic amines is 2. The molecule has 0 spiro atoms. The molecule has 5 heteroatoms. The summed E-state index contributed by atoms with van der Waals surface area (Å²) in [6, 6.07) is 3.22. The van der Waals surface area contributed by atoms with Crippen molar-refractivity contribution in [2.75, 3.05) is 0 Å². The summed E-state index contributed by atoms with van der Waals surface area (Å²) in [5.74, 6) is 0. The van der Waals surface area contributed by atoms with Gasteiger partial charge in [0.05, 0.1) is 11.6 Å². The van der Waals surface area contributed by atoms with E-state index >= 15 is 0 Å². The Kier molecular flexibility index (Phi) is 1.25. The van der Waals surface area contributed by atoms with Gasteiger partial charge in [-0.1, -0.05) is 0 Å². The van der Waals surface area contributed by atoms with Crippen LogP contribution in [0.5, 0.6) is 0 Å². The zero-order valence-corrected chi connectivity index (χ0v) is 7.11. The van der Waals surface area contributed by atoms with E-state index in [4.69, 9.17) is 0 Å². The van der Waals surface area contributed by atoms with Crippen LogP contribution in [0.25, 0.3) is 21.9 Å². The lowest BCUT2D eigenvalue weighted by Crippen LogP contribution is -1.97. The van der Waals surface area contributed by atoms with Gasteiger partial charge in [0.2, 0.25) is 5.56 Å². The highest BCUT2D eigenvalue weighted by Gasteiger charge is 2.04. The monoisotopic (exact) mass is 186 g/mol. The molecule has 3 aromatic heterocycles. The van der Waals surface area contributed by atoms with Gasteiger partial charge in [0.1, 0.15) is 11.2 Å². The second-order valence-corrected chi connectivity index (χ2v) is 3.03. The Morgan fingerprint density at radius 2 is 2.21 bits per heavy atom. The first-order valence-corrected chi connectivity index (χ1v) is 4.16. The molecular formula is C9H6N4O. The van der Waals surface area contributed by atoms with Crippen LogP contribution in [0.2, 0.25) is 0 Å². The molecule has 3 rings (SSSR count). The zero-order valence-electron chi connectivity index (χ0n) is 7.11. The van der Waals surface area contributed by atoms with E-state index in [0.29, 0.717) is 5.65 Å². The highest BCUT2D eigenvalue weighted by atomic mass is 16.1. The SMILES string of the molecule is O=c1ccc2c[nH]nc3cnc([nH]1)c23. The first kappa shape index (κ1) is 7.25. The Balaban J connectivity index is 2.76. The Bertz CT molecular complexity index is 667. The third kappa shape index (κ3) is 0.861. The Morgan fingerprint density at radius 3 is 3.14 bits per heavy atom. The number of rotatable bonds is 0. The van der Waals surface area contributed by atoms with Gasteiger partial charge in [-0.2, -0.15) is 5.10 Å². The lowest BCUT2D eigenvalue weighted by atomic mass is 10.2. The normalized spacial score (nSPS) is 11.1. The molecule has 14 heavy (non-hydrogen) atoms. The predicted octanol–water partition coefficient (Wildman–Crippen LogP) is 0.799. The second kappa shape index (κ2) is 2.41. The largest absolute Gasteiger partial charge is 0.306 e. The van der Waals surface area contributed by atoms with Gasteiger partial charge in [0, 0.05) is 17.6 Å². The average molecular weight is 186 g/mol. The quantitative estimate of drug-likeness (QED) is 0.545. The predicted molar refractivity (Wildman–Crippen MR) is 52.0 cm³/mol. The lowest BCUT2D eigenvalue weighted by molar-refractivity contribution is 1.09. The highest BCUT2D eigenvalue weighted by molar-refractivity contribution is 6.04. The molecule has 0 aliphatic carbocycles. The average Bonchev–Trinajstić information content (AvgIpc) is 2.51. The van der Waals surface area contributed by atoms with E-state index in [1.807, 2.05) is 0 Å². The van der Waals surface area contributed by atoms with Gasteiger partial charge in [-0.25, -0.2) is 4.98 Å². The standard InChI is InChI=1S/C9H6N4O/c14-7-2-1-5-3-11-13-6-4-10-9(12-7)8(5)6/h1-4,11H,(H,12,14). The van der Waals surface area contributed by atoms with Gasteiger partial charge < -0.3 is 4.98 Å². The number of H-pyrrole nitrogens is 2. The Labute approximate surface area is 77.8 Å². The van der Waals surface area contributed by atoms with Gasteiger partial charge in [0.15, 0.2) is 0 Å². The molecule has 0 saturated heterocycles. The van der Waals surface area contributed by atoms with Gasteiger partial charge >= 0.3 is 0 Å². The molecule has 68 valence electrons. The van der Waals surface area contributed by atoms with Crippen molar-refractivity contribution in [2.45, 2.75) is 0 Å². The summed E-state index contributed by atoms with van der Waals surface area (Å²) in [6.45, 7) is 0. The Morgan fingerprint density at radius 1 is 1.29 bits per heavy atom. The van der Waals surface area contributed by atoms with Gasteiger partial charge in [0.25, 0.3) is 0 Å². The van der Waals surface area contributed by atoms with E-state index in [1.165, 1.54) is 6.07 Å². The summed E-state index contributed by atoms with van der Waals surface area (Å²) in [6.07, 6.45) is 3.37. The maximum absolute atomic E-state index is 11.2. The van der Waals surface area contributed by atoms with E-state index in [0.717, 1.165) is 16.3 Å². The summed E-state index contributed by atoms with van der Waals surface area (Å²) < 4.78 is 0. The molecule has 5 nitrogen and oxygen atoms in total. The van der Waals surface area contributed by atoms with Crippen molar-refractivity contribution in [1.29, 1.82) is 0 Å². The molecule has 0 aliphatic heterocycles. The number of hydrogen-bond donors (Lipinski definition) is 2. The number of nitrogens with zero attached hydrogens (tertiary/aromatic N) is 2. The molecule has 0 bridgehead atoms. The minimum Gasteiger partial charge on any atom is -0.306 e. The summed E-state index contributed by atoms with van der Waals surface area (Å²) >= 11 is 0. The number of hydrogen-bond acceptors (Lipinski definition) is 3. The van der Waals surface area contributed by atoms with Crippen LogP contribution >= 0.6 is 0 Å². The molecule has 3 heterocycles.